The summed E-state index contributed by atoms with van der Waals surface area (Å²) in [6.07, 6.45) is 14.1. The van der Waals surface area contributed by atoms with Crippen molar-refractivity contribution in [1.82, 2.24) is 19.8 Å². The summed E-state index contributed by atoms with van der Waals surface area (Å²) in [5.74, 6) is 1.14. The topological polar surface area (TPSA) is 264 Å². The molecule has 4 rings (SSSR count). The number of pyridine rings is 2. The monoisotopic (exact) mass is 770 g/mol. The molecule has 0 fully saturated rings. The number of hydrogen-bond donors (Lipinski definition) is 2. The van der Waals surface area contributed by atoms with Crippen molar-refractivity contribution in [2.24, 2.45) is 0 Å². The highest BCUT2D eigenvalue weighted by atomic mass is 35.7. The Labute approximate surface area is 305 Å². The molecule has 0 unspecified atom stereocenters. The van der Waals surface area contributed by atoms with Crippen LogP contribution in [0.25, 0.3) is 21.5 Å². The maximum Gasteiger partial charge on any atom is 0.414 e. The lowest BCUT2D eigenvalue weighted by molar-refractivity contribution is -1.92. The van der Waals surface area contributed by atoms with Crippen molar-refractivity contribution in [3.05, 3.63) is 72.3 Å². The molecular formula is C34H44Cl2N4O12. The first-order valence-electron chi connectivity index (χ1n) is 16.1. The second-order valence-electron chi connectivity index (χ2n) is 11.9. The highest BCUT2D eigenvalue weighted by molar-refractivity contribution is 5.92. The second kappa shape index (κ2) is 21.6. The van der Waals surface area contributed by atoms with E-state index in [0.717, 1.165) is 58.6 Å². The zero-order valence-corrected chi connectivity index (χ0v) is 30.9. The van der Waals surface area contributed by atoms with Crippen LogP contribution in [0, 0.1) is 20.5 Å². The fourth-order valence-electron chi connectivity index (χ4n) is 5.07. The molecule has 2 aromatic heterocycles. The number of aromatic nitrogens is 2. The third kappa shape index (κ3) is 17.5. The van der Waals surface area contributed by atoms with Crippen molar-refractivity contribution in [3.8, 4) is 11.5 Å². The fraction of sp³-hybridized carbons (Fsp3) is 0.412. The molecule has 2 N–H and O–H groups in total. The number of rotatable bonds is 13. The van der Waals surface area contributed by atoms with Crippen molar-refractivity contribution in [1.29, 1.82) is 0 Å². The Morgan fingerprint density at radius 3 is 1.17 bits per heavy atom. The van der Waals surface area contributed by atoms with Gasteiger partial charge in [-0.3, -0.25) is 9.97 Å². The number of carbonyl (C=O) groups excluding carboxylic acids is 2. The van der Waals surface area contributed by atoms with Crippen molar-refractivity contribution >= 4 is 33.7 Å². The van der Waals surface area contributed by atoms with Gasteiger partial charge in [0, 0.05) is 73.5 Å². The number of aryl methyl sites for hydroxylation is 2. The first-order chi connectivity index (χ1) is 24.3. The highest BCUT2D eigenvalue weighted by Gasteiger charge is 2.13. The molecule has 2 amide bonds. The lowest BCUT2D eigenvalue weighted by Gasteiger charge is -2.13. The van der Waals surface area contributed by atoms with Crippen LogP contribution in [-0.2, 0) is 12.8 Å². The molecule has 0 saturated heterocycles. The number of fused-ring (bicyclic) bond motifs is 2. The summed E-state index contributed by atoms with van der Waals surface area (Å²) in [7, 11) is -2.69. The van der Waals surface area contributed by atoms with Gasteiger partial charge >= 0.3 is 12.2 Å². The van der Waals surface area contributed by atoms with Gasteiger partial charge in [0.15, 0.2) is 0 Å². The quantitative estimate of drug-likeness (QED) is 0.163. The molecule has 2 heterocycles. The summed E-state index contributed by atoms with van der Waals surface area (Å²) >= 11 is 0. The predicted molar refractivity (Wildman–Crippen MR) is 172 cm³/mol. The number of nitrogens with zero attached hydrogens (tertiary/aromatic N) is 4. The molecule has 0 aliphatic heterocycles. The number of carbonyl (C=O) groups is 2. The summed E-state index contributed by atoms with van der Waals surface area (Å²) < 4.78 is 76.5. The molecule has 0 bridgehead atoms. The van der Waals surface area contributed by atoms with E-state index in [-0.39, 0.29) is 12.2 Å². The second-order valence-corrected chi connectivity index (χ2v) is 13.4. The molecule has 0 spiro atoms. The van der Waals surface area contributed by atoms with E-state index in [9.17, 15) is 9.59 Å². The number of unbranched alkanes of at least 4 members (excludes halogenated alkanes) is 7. The molecule has 0 aliphatic rings. The fourth-order valence-corrected chi connectivity index (χ4v) is 5.07. The minimum atomic E-state index is -4.69. The number of benzene rings is 2. The van der Waals surface area contributed by atoms with E-state index in [4.69, 9.17) is 46.7 Å². The van der Waals surface area contributed by atoms with Crippen LogP contribution >= 0.6 is 0 Å². The average Bonchev–Trinajstić information content (AvgIpc) is 3.04. The van der Waals surface area contributed by atoms with Crippen LogP contribution in [-0.4, -0.2) is 69.5 Å². The number of amides is 2. The molecule has 0 aliphatic carbocycles. The van der Waals surface area contributed by atoms with E-state index in [2.05, 4.69) is 22.1 Å². The summed E-state index contributed by atoms with van der Waals surface area (Å²) in [5, 5.41) is 3.94. The van der Waals surface area contributed by atoms with Gasteiger partial charge in [-0.1, -0.05) is 62.8 Å². The molecular weight excluding hydrogens is 727 g/mol. The van der Waals surface area contributed by atoms with Crippen LogP contribution in [0.5, 0.6) is 11.5 Å². The maximum absolute atomic E-state index is 12.0. The number of halogens is 2. The summed E-state index contributed by atoms with van der Waals surface area (Å²) in [6.45, 7) is 0. The van der Waals surface area contributed by atoms with Crippen molar-refractivity contribution in [2.75, 3.05) is 28.2 Å². The van der Waals surface area contributed by atoms with Gasteiger partial charge in [-0.15, -0.1) is 0 Å². The normalized spacial score (nSPS) is 11.2. The Morgan fingerprint density at radius 1 is 0.558 bits per heavy atom. The molecule has 0 saturated carbocycles. The molecule has 286 valence electrons. The van der Waals surface area contributed by atoms with E-state index in [0.29, 0.717) is 11.5 Å². The molecule has 0 atom stereocenters. The Kier molecular flexibility index (Phi) is 18.3. The SMILES string of the molecule is CN(C)C(=O)Oc1cccc2c(CCCCCCCCCCc3nccc4c(OC(=O)N(C)C)cccc34)nccc12.[O-][Cl+3]([O-])([O-])O.[O-][Cl+3]([O-])([O-])O. The van der Waals surface area contributed by atoms with Gasteiger partial charge in [-0.05, 0) is 49.9 Å². The van der Waals surface area contributed by atoms with Gasteiger partial charge < -0.3 is 19.3 Å². The van der Waals surface area contributed by atoms with Crippen LogP contribution in [0.4, 0.5) is 9.59 Å². The van der Waals surface area contributed by atoms with Crippen LogP contribution in [0.15, 0.2) is 60.9 Å². The largest absolute Gasteiger partial charge is 0.414 e. The zero-order valence-electron chi connectivity index (χ0n) is 29.4. The van der Waals surface area contributed by atoms with Gasteiger partial charge in [0.05, 0.1) is 29.8 Å². The minimum absolute atomic E-state index is 0.385. The Morgan fingerprint density at radius 2 is 0.865 bits per heavy atom. The van der Waals surface area contributed by atoms with Gasteiger partial charge in [0.1, 0.15) is 11.5 Å². The van der Waals surface area contributed by atoms with E-state index < -0.39 is 20.5 Å². The van der Waals surface area contributed by atoms with Crippen molar-refractivity contribution in [2.45, 2.75) is 64.2 Å². The minimum Gasteiger partial charge on any atom is -0.410 e. The van der Waals surface area contributed by atoms with Crippen LogP contribution < -0.4 is 37.4 Å². The highest BCUT2D eigenvalue weighted by Crippen LogP contribution is 2.29. The van der Waals surface area contributed by atoms with E-state index >= 15 is 0 Å². The van der Waals surface area contributed by atoms with E-state index in [1.54, 1.807) is 40.6 Å². The van der Waals surface area contributed by atoms with Crippen molar-refractivity contribution < 1.29 is 76.8 Å². The van der Waals surface area contributed by atoms with Gasteiger partial charge in [0.2, 0.25) is 0 Å². The maximum atomic E-state index is 12.0. The first kappa shape index (κ1) is 44.2. The lowest BCUT2D eigenvalue weighted by atomic mass is 10.0. The summed E-state index contributed by atoms with van der Waals surface area (Å²) in [4.78, 5) is 36.2. The van der Waals surface area contributed by atoms with Crippen molar-refractivity contribution in [3.63, 3.8) is 0 Å². The molecule has 16 nitrogen and oxygen atoms in total. The first-order valence-corrected chi connectivity index (χ1v) is 18.7. The lowest BCUT2D eigenvalue weighted by Crippen LogP contribution is -2.58. The number of hydrogen-bond acceptors (Lipinski definition) is 14. The standard InChI is InChI=1S/C34H42N4O4.2ClHO4/c1-37(2)33(39)41-31-19-13-15-25-27(31)21-23-35-29(25)17-11-9-7-5-6-8-10-12-18-30-26-16-14-20-32(28(26)22-24-36-30)42-34(40)38(3)4;2*2-1(3,4)5/h13-16,19-24H,5-12,17-18H2,1-4H3;2*(H,2,3,4,5). The Balaban J connectivity index is 0.000000825. The van der Waals surface area contributed by atoms with Crippen LogP contribution in [0.1, 0.15) is 62.8 Å². The molecule has 4 aromatic rings. The Hall–Kier alpha value is -3.94. The van der Waals surface area contributed by atoms with E-state index in [1.807, 2.05) is 36.4 Å². The molecule has 0 radical (unpaired) electrons. The molecule has 18 heteroatoms. The zero-order chi connectivity index (χ0) is 38.9. The van der Waals surface area contributed by atoms with Gasteiger partial charge in [-0.25, -0.2) is 9.59 Å². The van der Waals surface area contributed by atoms with E-state index in [1.165, 1.54) is 48.3 Å². The third-order valence-corrected chi connectivity index (χ3v) is 7.40. The Bertz CT molecular complexity index is 1580. The smallest absolute Gasteiger partial charge is 0.410 e. The predicted octanol–water partition coefficient (Wildman–Crippen LogP) is -0.438. The summed E-state index contributed by atoms with van der Waals surface area (Å²) in [5.41, 5.74) is 2.11. The van der Waals surface area contributed by atoms with Crippen LogP contribution in [0.2, 0.25) is 0 Å². The molecule has 52 heavy (non-hydrogen) atoms. The summed E-state index contributed by atoms with van der Waals surface area (Å²) in [6, 6.07) is 15.4. The van der Waals surface area contributed by atoms with Gasteiger partial charge in [0.25, 0.3) is 0 Å². The van der Waals surface area contributed by atoms with Gasteiger partial charge in [-0.2, -0.15) is 28.0 Å². The molecule has 2 aromatic carbocycles. The van der Waals surface area contributed by atoms with Crippen LogP contribution in [0.3, 0.4) is 0 Å². The average molecular weight is 772 g/mol. The number of ether oxygens (including phenoxy) is 2. The third-order valence-electron chi connectivity index (χ3n) is 7.40.